The van der Waals surface area contributed by atoms with E-state index in [9.17, 15) is 13.2 Å². The Balaban J connectivity index is 2.01. The highest BCUT2D eigenvalue weighted by Gasteiger charge is 2.38. The van der Waals surface area contributed by atoms with Crippen LogP contribution < -0.4 is 5.32 Å². The SMILES string of the molecule is CCCS(=O)(=O)N1CCCC1C(=O)NCC(C(CC)CC)N1CCOCC1. The maximum absolute atomic E-state index is 12.8. The number of rotatable bonds is 10. The molecule has 0 saturated carbocycles. The van der Waals surface area contributed by atoms with Crippen LogP contribution in [-0.2, 0) is 19.6 Å². The van der Waals surface area contributed by atoms with E-state index in [1.54, 1.807) is 0 Å². The monoisotopic (exact) mass is 403 g/mol. The molecule has 0 aromatic carbocycles. The molecule has 2 saturated heterocycles. The van der Waals surface area contributed by atoms with E-state index in [1.807, 2.05) is 6.92 Å². The largest absolute Gasteiger partial charge is 0.379 e. The van der Waals surface area contributed by atoms with Gasteiger partial charge in [0.25, 0.3) is 0 Å². The lowest BCUT2D eigenvalue weighted by molar-refractivity contribution is -0.124. The van der Waals surface area contributed by atoms with Gasteiger partial charge in [-0.1, -0.05) is 33.6 Å². The Morgan fingerprint density at radius 1 is 1.15 bits per heavy atom. The van der Waals surface area contributed by atoms with Gasteiger partial charge in [-0.25, -0.2) is 8.42 Å². The molecule has 2 heterocycles. The molecule has 2 aliphatic rings. The van der Waals surface area contributed by atoms with Gasteiger partial charge in [-0.15, -0.1) is 0 Å². The van der Waals surface area contributed by atoms with Crippen LogP contribution in [0.25, 0.3) is 0 Å². The first-order valence-corrected chi connectivity index (χ1v) is 12.1. The van der Waals surface area contributed by atoms with E-state index >= 15 is 0 Å². The minimum Gasteiger partial charge on any atom is -0.379 e. The van der Waals surface area contributed by atoms with Crippen LogP contribution in [0.4, 0.5) is 0 Å². The van der Waals surface area contributed by atoms with E-state index in [4.69, 9.17) is 4.74 Å². The van der Waals surface area contributed by atoms with E-state index in [0.29, 0.717) is 31.8 Å². The van der Waals surface area contributed by atoms with Crippen molar-refractivity contribution >= 4 is 15.9 Å². The standard InChI is InChI=1S/C19H37N3O4S/c1-4-14-27(24,25)22-9-7-8-17(22)19(23)20-15-18(16(5-2)6-3)21-10-12-26-13-11-21/h16-18H,4-15H2,1-3H3,(H,20,23). The van der Waals surface area contributed by atoms with Crippen molar-refractivity contribution in [3.05, 3.63) is 0 Å². The predicted octanol–water partition coefficient (Wildman–Crippen LogP) is 1.44. The van der Waals surface area contributed by atoms with Gasteiger partial charge in [0.1, 0.15) is 6.04 Å². The van der Waals surface area contributed by atoms with Crippen LogP contribution in [-0.4, -0.2) is 80.8 Å². The molecule has 0 bridgehead atoms. The average molecular weight is 404 g/mol. The third kappa shape index (κ3) is 5.89. The number of carbonyl (C=O) groups excluding carboxylic acids is 1. The number of hydrogen-bond acceptors (Lipinski definition) is 5. The second-order valence-electron chi connectivity index (χ2n) is 7.62. The maximum Gasteiger partial charge on any atom is 0.238 e. The Hall–Kier alpha value is -0.700. The van der Waals surface area contributed by atoms with Gasteiger partial charge in [-0.2, -0.15) is 4.31 Å². The quantitative estimate of drug-likeness (QED) is 0.597. The van der Waals surface area contributed by atoms with Crippen LogP contribution in [0.5, 0.6) is 0 Å². The topological polar surface area (TPSA) is 79.0 Å². The van der Waals surface area contributed by atoms with E-state index in [1.165, 1.54) is 4.31 Å². The van der Waals surface area contributed by atoms with E-state index in [2.05, 4.69) is 24.1 Å². The fraction of sp³-hybridized carbons (Fsp3) is 0.947. The molecule has 27 heavy (non-hydrogen) atoms. The van der Waals surface area contributed by atoms with Gasteiger partial charge in [0.15, 0.2) is 0 Å². The average Bonchev–Trinajstić information content (AvgIpc) is 3.16. The third-order valence-corrected chi connectivity index (χ3v) is 7.99. The van der Waals surface area contributed by atoms with Gasteiger partial charge < -0.3 is 10.1 Å². The normalized spacial score (nSPS) is 23.6. The van der Waals surface area contributed by atoms with Gasteiger partial charge in [0, 0.05) is 32.2 Å². The number of hydrogen-bond donors (Lipinski definition) is 1. The molecule has 0 aromatic rings. The van der Waals surface area contributed by atoms with Crippen molar-refractivity contribution in [2.24, 2.45) is 5.92 Å². The third-order valence-electron chi connectivity index (χ3n) is 5.92. The minimum absolute atomic E-state index is 0.112. The number of nitrogens with zero attached hydrogens (tertiary/aromatic N) is 2. The van der Waals surface area contributed by atoms with Crippen LogP contribution in [0.2, 0.25) is 0 Å². The lowest BCUT2D eigenvalue weighted by Crippen LogP contribution is -2.54. The number of morpholine rings is 1. The lowest BCUT2D eigenvalue weighted by Gasteiger charge is -2.39. The number of carbonyl (C=O) groups is 1. The molecule has 0 radical (unpaired) electrons. The number of nitrogens with one attached hydrogen (secondary N) is 1. The maximum atomic E-state index is 12.8. The zero-order chi connectivity index (χ0) is 19.9. The first-order chi connectivity index (χ1) is 12.9. The summed E-state index contributed by atoms with van der Waals surface area (Å²) in [5.74, 6) is 0.476. The van der Waals surface area contributed by atoms with Crippen LogP contribution in [0, 0.1) is 5.92 Å². The molecule has 1 N–H and O–H groups in total. The molecule has 8 heteroatoms. The summed E-state index contributed by atoms with van der Waals surface area (Å²) in [7, 11) is -3.34. The van der Waals surface area contributed by atoms with Gasteiger partial charge in [-0.3, -0.25) is 9.69 Å². The smallest absolute Gasteiger partial charge is 0.238 e. The van der Waals surface area contributed by atoms with Crippen molar-refractivity contribution in [2.45, 2.75) is 65.0 Å². The van der Waals surface area contributed by atoms with Crippen LogP contribution >= 0.6 is 0 Å². The summed E-state index contributed by atoms with van der Waals surface area (Å²) in [5.41, 5.74) is 0. The molecule has 2 rings (SSSR count). The summed E-state index contributed by atoms with van der Waals surface area (Å²) in [6.07, 6.45) is 4.06. The van der Waals surface area contributed by atoms with Gasteiger partial charge in [0.2, 0.25) is 15.9 Å². The molecule has 2 aliphatic heterocycles. The van der Waals surface area contributed by atoms with Gasteiger partial charge in [0.05, 0.1) is 19.0 Å². The van der Waals surface area contributed by atoms with E-state index in [-0.39, 0.29) is 17.7 Å². The molecule has 0 aliphatic carbocycles. The summed E-state index contributed by atoms with van der Waals surface area (Å²) in [6.45, 7) is 10.5. The molecule has 0 spiro atoms. The minimum atomic E-state index is -3.34. The molecular weight excluding hydrogens is 366 g/mol. The molecular formula is C19H37N3O4S. The Labute approximate surface area is 164 Å². The Kier molecular flexibility index (Phi) is 8.98. The number of amides is 1. The van der Waals surface area contributed by atoms with Crippen molar-refractivity contribution in [1.82, 2.24) is 14.5 Å². The van der Waals surface area contributed by atoms with Crippen LogP contribution in [0.3, 0.4) is 0 Å². The molecule has 2 unspecified atom stereocenters. The highest BCUT2D eigenvalue weighted by Crippen LogP contribution is 2.23. The second-order valence-corrected chi connectivity index (χ2v) is 9.66. The summed E-state index contributed by atoms with van der Waals surface area (Å²) in [5, 5.41) is 3.09. The second kappa shape index (κ2) is 10.7. The Bertz CT molecular complexity index is 559. The summed E-state index contributed by atoms with van der Waals surface area (Å²) in [4.78, 5) is 15.3. The predicted molar refractivity (Wildman–Crippen MR) is 107 cm³/mol. The molecule has 0 aromatic heterocycles. The van der Waals surface area contributed by atoms with Gasteiger partial charge >= 0.3 is 0 Å². The first-order valence-electron chi connectivity index (χ1n) is 10.5. The molecule has 2 fully saturated rings. The first kappa shape index (κ1) is 22.6. The van der Waals surface area contributed by atoms with Crippen molar-refractivity contribution < 1.29 is 17.9 Å². The van der Waals surface area contributed by atoms with Crippen molar-refractivity contribution in [2.75, 3.05) is 45.1 Å². The summed E-state index contributed by atoms with van der Waals surface area (Å²) >= 11 is 0. The van der Waals surface area contributed by atoms with E-state index in [0.717, 1.165) is 45.6 Å². The van der Waals surface area contributed by atoms with Crippen LogP contribution in [0.15, 0.2) is 0 Å². The van der Waals surface area contributed by atoms with Crippen molar-refractivity contribution in [3.8, 4) is 0 Å². The lowest BCUT2D eigenvalue weighted by atomic mass is 9.92. The fourth-order valence-corrected chi connectivity index (χ4v) is 6.12. The summed E-state index contributed by atoms with van der Waals surface area (Å²) < 4.78 is 31.8. The molecule has 2 atom stereocenters. The zero-order valence-corrected chi connectivity index (χ0v) is 18.0. The Morgan fingerprint density at radius 3 is 2.41 bits per heavy atom. The van der Waals surface area contributed by atoms with Crippen molar-refractivity contribution in [3.63, 3.8) is 0 Å². The molecule has 7 nitrogen and oxygen atoms in total. The number of sulfonamides is 1. The van der Waals surface area contributed by atoms with Crippen LogP contribution in [0.1, 0.15) is 52.9 Å². The molecule has 158 valence electrons. The highest BCUT2D eigenvalue weighted by molar-refractivity contribution is 7.89. The van der Waals surface area contributed by atoms with Crippen molar-refractivity contribution in [1.29, 1.82) is 0 Å². The zero-order valence-electron chi connectivity index (χ0n) is 17.2. The number of ether oxygens (including phenoxy) is 1. The Morgan fingerprint density at radius 2 is 1.81 bits per heavy atom. The summed E-state index contributed by atoms with van der Waals surface area (Å²) in [6, 6.07) is -0.274. The highest BCUT2D eigenvalue weighted by atomic mass is 32.2. The van der Waals surface area contributed by atoms with E-state index < -0.39 is 16.1 Å². The molecule has 1 amide bonds. The van der Waals surface area contributed by atoms with Gasteiger partial charge in [-0.05, 0) is 25.2 Å². The fourth-order valence-electron chi connectivity index (χ4n) is 4.37.